The zero-order valence-corrected chi connectivity index (χ0v) is 19.4. The first-order chi connectivity index (χ1) is 16.0. The molecule has 0 bridgehead atoms. The average molecular weight is 462 g/mol. The Morgan fingerprint density at radius 3 is 2.70 bits per heavy atom. The van der Waals surface area contributed by atoms with E-state index >= 15 is 0 Å². The number of nitrogens with two attached hydrogens (primary N) is 1. The first-order valence-corrected chi connectivity index (χ1v) is 12.2. The SMILES string of the molecule is CSc1ncc(CCCc2ccccc2)c(=O)n1CC(=O)CCc1ccc2nc(N)[nH]c2c1. The monoisotopic (exact) mass is 461 g/mol. The zero-order chi connectivity index (χ0) is 23.2. The van der Waals surface area contributed by atoms with Crippen LogP contribution in [0.1, 0.15) is 29.5 Å². The van der Waals surface area contributed by atoms with Gasteiger partial charge in [0, 0.05) is 18.2 Å². The summed E-state index contributed by atoms with van der Waals surface area (Å²) in [6.45, 7) is 0.0355. The van der Waals surface area contributed by atoms with E-state index in [-0.39, 0.29) is 17.9 Å². The van der Waals surface area contributed by atoms with Gasteiger partial charge in [0.15, 0.2) is 16.9 Å². The number of thioether (sulfide) groups is 1. The molecule has 7 nitrogen and oxygen atoms in total. The molecule has 0 spiro atoms. The zero-order valence-electron chi connectivity index (χ0n) is 18.6. The van der Waals surface area contributed by atoms with Crippen molar-refractivity contribution in [1.29, 1.82) is 0 Å². The molecule has 4 rings (SSSR count). The lowest BCUT2D eigenvalue weighted by atomic mass is 10.1. The van der Waals surface area contributed by atoms with Crippen LogP contribution in [-0.2, 0) is 30.6 Å². The van der Waals surface area contributed by atoms with Gasteiger partial charge in [-0.2, -0.15) is 0 Å². The molecule has 170 valence electrons. The number of carbonyl (C=O) groups excluding carboxylic acids is 1. The van der Waals surface area contributed by atoms with E-state index in [9.17, 15) is 9.59 Å². The number of imidazole rings is 1. The number of nitrogens with one attached hydrogen (secondary N) is 1. The number of Topliss-reactive ketones (excluding diaryl/α,β-unsaturated/α-hetero) is 1. The first kappa shape index (κ1) is 22.8. The first-order valence-electron chi connectivity index (χ1n) is 11.0. The van der Waals surface area contributed by atoms with Gasteiger partial charge in [-0.25, -0.2) is 9.97 Å². The normalized spacial score (nSPS) is 11.2. The second-order valence-electron chi connectivity index (χ2n) is 8.01. The fourth-order valence-electron chi connectivity index (χ4n) is 3.89. The highest BCUT2D eigenvalue weighted by Crippen LogP contribution is 2.16. The molecule has 0 atom stereocenters. The topological polar surface area (TPSA) is 107 Å². The standard InChI is InChI=1S/C25H27N5O2S/c1-33-25-27-15-19(9-5-8-17-6-3-2-4-7-17)23(32)30(25)16-20(31)12-10-18-11-13-21-22(14-18)29-24(26)28-21/h2-4,6-7,11,13-15H,5,8-10,12,16H2,1H3,(H3,26,28,29). The number of rotatable bonds is 10. The molecule has 0 aliphatic rings. The predicted octanol–water partition coefficient (Wildman–Crippen LogP) is 3.80. The Morgan fingerprint density at radius 2 is 1.91 bits per heavy atom. The Kier molecular flexibility index (Phi) is 7.24. The van der Waals surface area contributed by atoms with Crippen molar-refractivity contribution >= 4 is 34.5 Å². The second kappa shape index (κ2) is 10.5. The summed E-state index contributed by atoms with van der Waals surface area (Å²) < 4.78 is 1.52. The highest BCUT2D eigenvalue weighted by Gasteiger charge is 2.14. The summed E-state index contributed by atoms with van der Waals surface area (Å²) in [5.41, 5.74) is 10.2. The molecule has 0 aliphatic carbocycles. The van der Waals surface area contributed by atoms with Crippen LogP contribution in [0.15, 0.2) is 64.7 Å². The van der Waals surface area contributed by atoms with Gasteiger partial charge in [0.05, 0.1) is 17.6 Å². The van der Waals surface area contributed by atoms with E-state index in [2.05, 4.69) is 27.1 Å². The lowest BCUT2D eigenvalue weighted by Crippen LogP contribution is -2.29. The molecule has 2 heterocycles. The number of anilines is 1. The maximum atomic E-state index is 13.1. The lowest BCUT2D eigenvalue weighted by molar-refractivity contribution is -0.119. The van der Waals surface area contributed by atoms with Gasteiger partial charge in [-0.3, -0.25) is 14.2 Å². The number of aromatic nitrogens is 4. The van der Waals surface area contributed by atoms with Crippen molar-refractivity contribution in [3.63, 3.8) is 0 Å². The Morgan fingerprint density at radius 1 is 1.09 bits per heavy atom. The highest BCUT2D eigenvalue weighted by atomic mass is 32.2. The third-order valence-electron chi connectivity index (χ3n) is 5.61. The third-order valence-corrected chi connectivity index (χ3v) is 6.30. The van der Waals surface area contributed by atoms with E-state index in [1.54, 1.807) is 6.20 Å². The number of hydrogen-bond acceptors (Lipinski definition) is 6. The molecule has 0 amide bonds. The van der Waals surface area contributed by atoms with Crippen molar-refractivity contribution in [3.8, 4) is 0 Å². The number of aryl methyl sites for hydroxylation is 3. The molecule has 33 heavy (non-hydrogen) atoms. The van der Waals surface area contributed by atoms with Crippen LogP contribution in [0.25, 0.3) is 11.0 Å². The number of fused-ring (bicyclic) bond motifs is 1. The van der Waals surface area contributed by atoms with Gasteiger partial charge in [-0.05, 0) is 55.2 Å². The molecule has 0 fully saturated rings. The number of hydrogen-bond donors (Lipinski definition) is 2. The maximum Gasteiger partial charge on any atom is 0.257 e. The molecule has 2 aromatic carbocycles. The fourth-order valence-corrected chi connectivity index (χ4v) is 4.42. The minimum Gasteiger partial charge on any atom is -0.369 e. The Hall–Kier alpha value is -3.39. The molecule has 2 aromatic heterocycles. The van der Waals surface area contributed by atoms with Crippen LogP contribution >= 0.6 is 11.8 Å². The minimum absolute atomic E-state index is 0.000132. The lowest BCUT2D eigenvalue weighted by Gasteiger charge is -2.12. The van der Waals surface area contributed by atoms with Gasteiger partial charge < -0.3 is 10.7 Å². The van der Waals surface area contributed by atoms with E-state index in [0.29, 0.717) is 35.9 Å². The summed E-state index contributed by atoms with van der Waals surface area (Å²) >= 11 is 1.38. The van der Waals surface area contributed by atoms with Crippen LogP contribution < -0.4 is 11.3 Å². The minimum atomic E-state index is -0.120. The van der Waals surface area contributed by atoms with Crippen molar-refractivity contribution in [2.75, 3.05) is 12.0 Å². The van der Waals surface area contributed by atoms with E-state index in [1.807, 2.05) is 42.7 Å². The number of carbonyl (C=O) groups is 1. The van der Waals surface area contributed by atoms with Crippen molar-refractivity contribution < 1.29 is 4.79 Å². The van der Waals surface area contributed by atoms with Crippen molar-refractivity contribution in [2.24, 2.45) is 0 Å². The Balaban J connectivity index is 1.40. The fraction of sp³-hybridized carbons (Fsp3) is 0.280. The van der Waals surface area contributed by atoms with Crippen LogP contribution in [0.2, 0.25) is 0 Å². The van der Waals surface area contributed by atoms with Crippen molar-refractivity contribution in [3.05, 3.63) is 81.8 Å². The summed E-state index contributed by atoms with van der Waals surface area (Å²) in [4.78, 5) is 37.5. The molecular weight excluding hydrogens is 434 g/mol. The number of H-pyrrole nitrogens is 1. The summed E-state index contributed by atoms with van der Waals surface area (Å²) in [6, 6.07) is 16.0. The third kappa shape index (κ3) is 5.70. The summed E-state index contributed by atoms with van der Waals surface area (Å²) in [7, 11) is 0. The molecular formula is C25H27N5O2S. The number of aromatic amines is 1. The molecule has 0 unspecified atom stereocenters. The van der Waals surface area contributed by atoms with Gasteiger partial charge in [0.2, 0.25) is 0 Å². The van der Waals surface area contributed by atoms with Gasteiger partial charge in [0.25, 0.3) is 5.56 Å². The summed E-state index contributed by atoms with van der Waals surface area (Å²) in [5, 5.41) is 0.564. The molecule has 3 N–H and O–H groups in total. The summed E-state index contributed by atoms with van der Waals surface area (Å²) in [6.07, 6.45) is 6.84. The molecule has 4 aromatic rings. The van der Waals surface area contributed by atoms with Crippen LogP contribution in [0.3, 0.4) is 0 Å². The van der Waals surface area contributed by atoms with Gasteiger partial charge in [-0.1, -0.05) is 48.2 Å². The van der Waals surface area contributed by atoms with Crippen LogP contribution in [0, 0.1) is 0 Å². The smallest absolute Gasteiger partial charge is 0.257 e. The Labute approximate surface area is 196 Å². The van der Waals surface area contributed by atoms with E-state index < -0.39 is 0 Å². The highest BCUT2D eigenvalue weighted by molar-refractivity contribution is 7.98. The van der Waals surface area contributed by atoms with Crippen molar-refractivity contribution in [1.82, 2.24) is 19.5 Å². The molecule has 0 radical (unpaired) electrons. The predicted molar refractivity (Wildman–Crippen MR) is 133 cm³/mol. The van der Waals surface area contributed by atoms with Crippen LogP contribution in [-0.4, -0.2) is 31.6 Å². The second-order valence-corrected chi connectivity index (χ2v) is 8.79. The quantitative estimate of drug-likeness (QED) is 0.275. The molecule has 0 saturated carbocycles. The number of ketones is 1. The maximum absolute atomic E-state index is 13.1. The number of benzene rings is 2. The van der Waals surface area contributed by atoms with Gasteiger partial charge in [-0.15, -0.1) is 0 Å². The molecule has 0 aliphatic heterocycles. The van der Waals surface area contributed by atoms with E-state index in [1.165, 1.54) is 21.9 Å². The molecule has 0 saturated heterocycles. The van der Waals surface area contributed by atoms with E-state index in [0.717, 1.165) is 29.4 Å². The van der Waals surface area contributed by atoms with Crippen LogP contribution in [0.5, 0.6) is 0 Å². The van der Waals surface area contributed by atoms with Gasteiger partial charge >= 0.3 is 0 Å². The van der Waals surface area contributed by atoms with Gasteiger partial charge in [0.1, 0.15) is 0 Å². The Bertz CT molecular complexity index is 1310. The van der Waals surface area contributed by atoms with E-state index in [4.69, 9.17) is 5.73 Å². The number of nitrogen functional groups attached to an aromatic ring is 1. The summed E-state index contributed by atoms with van der Waals surface area (Å²) in [5.74, 6) is 0.373. The number of nitrogens with zero attached hydrogens (tertiary/aromatic N) is 3. The van der Waals surface area contributed by atoms with Crippen LogP contribution in [0.4, 0.5) is 5.95 Å². The largest absolute Gasteiger partial charge is 0.369 e. The van der Waals surface area contributed by atoms with Crippen molar-refractivity contribution in [2.45, 2.75) is 43.8 Å². The molecule has 8 heteroatoms. The average Bonchev–Trinajstić information content (AvgIpc) is 3.20.